The van der Waals surface area contributed by atoms with Crippen LogP contribution >= 0.6 is 0 Å². The summed E-state index contributed by atoms with van der Waals surface area (Å²) in [5.74, 6) is -0.567. The number of nitrogens with zero attached hydrogens (tertiary/aromatic N) is 3. The second-order valence-electron chi connectivity index (χ2n) is 7.53. The quantitative estimate of drug-likeness (QED) is 0.837. The molecule has 2 aliphatic heterocycles. The van der Waals surface area contributed by atoms with E-state index in [0.29, 0.717) is 32.5 Å². The Hall–Kier alpha value is -2.88. The van der Waals surface area contributed by atoms with Crippen LogP contribution in [0.25, 0.3) is 0 Å². The third kappa shape index (κ3) is 4.50. The minimum Gasteiger partial charge on any atom is -0.353 e. The highest BCUT2D eigenvalue weighted by Gasteiger charge is 2.37. The first kappa shape index (κ1) is 19.9. The lowest BCUT2D eigenvalue weighted by Crippen LogP contribution is -2.48. The molecule has 3 rings (SSSR count). The van der Waals surface area contributed by atoms with Crippen molar-refractivity contribution < 1.29 is 14.4 Å². The highest BCUT2D eigenvalue weighted by molar-refractivity contribution is 5.89. The molecule has 0 bridgehead atoms. The van der Waals surface area contributed by atoms with E-state index in [0.717, 1.165) is 5.56 Å². The number of hydrogen-bond donors (Lipinski definition) is 1. The monoisotopic (exact) mass is 382 g/mol. The van der Waals surface area contributed by atoms with Crippen LogP contribution in [0.4, 0.5) is 0 Å². The number of nitrogens with one attached hydrogen (secondary N) is 1. The fraction of sp³-hybridized carbons (Fsp3) is 0.524. The van der Waals surface area contributed by atoms with Crippen LogP contribution in [0.15, 0.2) is 30.3 Å². The maximum absolute atomic E-state index is 12.7. The SMILES string of the molecule is CC(c1ccccc1)N1CC(C(=O)NC2CCN(C(=O)CC#N)CC2)CC1=O. The first-order valence-corrected chi connectivity index (χ1v) is 9.79. The number of benzene rings is 1. The Morgan fingerprint density at radius 2 is 1.93 bits per heavy atom. The highest BCUT2D eigenvalue weighted by Crippen LogP contribution is 2.28. The molecule has 0 saturated carbocycles. The van der Waals surface area contributed by atoms with Crippen molar-refractivity contribution in [1.82, 2.24) is 15.1 Å². The first-order chi connectivity index (χ1) is 13.5. The summed E-state index contributed by atoms with van der Waals surface area (Å²) in [6, 6.07) is 11.7. The number of amides is 3. The van der Waals surface area contributed by atoms with Gasteiger partial charge in [0.05, 0.1) is 18.0 Å². The van der Waals surface area contributed by atoms with E-state index < -0.39 is 0 Å². The van der Waals surface area contributed by atoms with E-state index in [1.165, 1.54) is 0 Å². The van der Waals surface area contributed by atoms with Crippen molar-refractivity contribution >= 4 is 17.7 Å². The molecule has 28 heavy (non-hydrogen) atoms. The molecule has 1 aromatic carbocycles. The number of likely N-dealkylation sites (tertiary alicyclic amines) is 2. The van der Waals surface area contributed by atoms with E-state index in [4.69, 9.17) is 5.26 Å². The predicted molar refractivity (Wildman–Crippen MR) is 103 cm³/mol. The van der Waals surface area contributed by atoms with Gasteiger partial charge in [0.2, 0.25) is 17.7 Å². The molecular weight excluding hydrogens is 356 g/mol. The van der Waals surface area contributed by atoms with Crippen molar-refractivity contribution in [2.45, 2.75) is 44.7 Å². The van der Waals surface area contributed by atoms with E-state index in [1.54, 1.807) is 9.80 Å². The van der Waals surface area contributed by atoms with E-state index in [9.17, 15) is 14.4 Å². The molecule has 148 valence electrons. The summed E-state index contributed by atoms with van der Waals surface area (Å²) < 4.78 is 0. The number of carbonyl (C=O) groups is 3. The minimum atomic E-state index is -0.336. The molecule has 2 fully saturated rings. The summed E-state index contributed by atoms with van der Waals surface area (Å²) in [5.41, 5.74) is 1.06. The number of piperidine rings is 1. The standard InChI is InChI=1S/C21H26N4O3/c1-15(16-5-3-2-4-6-16)25-14-17(13-20(25)27)21(28)23-18-8-11-24(12-9-18)19(26)7-10-22/h2-6,15,17-18H,7-9,11-14H2,1H3,(H,23,28). The van der Waals surface area contributed by atoms with E-state index >= 15 is 0 Å². The lowest BCUT2D eigenvalue weighted by Gasteiger charge is -2.32. The van der Waals surface area contributed by atoms with Gasteiger partial charge in [-0.2, -0.15) is 5.26 Å². The van der Waals surface area contributed by atoms with Crippen molar-refractivity contribution in [3.8, 4) is 6.07 Å². The molecule has 7 heteroatoms. The van der Waals surface area contributed by atoms with Gasteiger partial charge in [0.1, 0.15) is 6.42 Å². The predicted octanol–water partition coefficient (Wildman–Crippen LogP) is 1.62. The van der Waals surface area contributed by atoms with Crippen LogP contribution in [0, 0.1) is 17.2 Å². The van der Waals surface area contributed by atoms with Gasteiger partial charge in [-0.15, -0.1) is 0 Å². The number of nitriles is 1. The molecule has 2 heterocycles. The zero-order chi connectivity index (χ0) is 20.1. The molecule has 0 aromatic heterocycles. The topological polar surface area (TPSA) is 93.5 Å². The van der Waals surface area contributed by atoms with Gasteiger partial charge in [-0.05, 0) is 25.3 Å². The fourth-order valence-electron chi connectivity index (χ4n) is 3.96. The molecule has 1 N–H and O–H groups in total. The molecule has 1 aromatic rings. The normalized spacial score (nSPS) is 21.3. The minimum absolute atomic E-state index is 0.00780. The average molecular weight is 382 g/mol. The number of hydrogen-bond acceptors (Lipinski definition) is 4. The molecule has 2 unspecified atom stereocenters. The fourth-order valence-corrected chi connectivity index (χ4v) is 3.96. The summed E-state index contributed by atoms with van der Waals surface area (Å²) in [7, 11) is 0. The van der Waals surface area contributed by atoms with Gasteiger partial charge in [0.15, 0.2) is 0 Å². The molecule has 0 radical (unpaired) electrons. The van der Waals surface area contributed by atoms with Crippen LogP contribution in [-0.2, 0) is 14.4 Å². The number of rotatable bonds is 5. The smallest absolute Gasteiger partial charge is 0.236 e. The Morgan fingerprint density at radius 3 is 2.57 bits per heavy atom. The molecule has 2 aliphatic rings. The lowest BCUT2D eigenvalue weighted by atomic mass is 10.0. The zero-order valence-corrected chi connectivity index (χ0v) is 16.1. The molecule has 0 aliphatic carbocycles. The van der Waals surface area contributed by atoms with Gasteiger partial charge in [0, 0.05) is 32.1 Å². The Kier molecular flexibility index (Phi) is 6.30. The average Bonchev–Trinajstić information content (AvgIpc) is 3.10. The summed E-state index contributed by atoms with van der Waals surface area (Å²) in [5, 5.41) is 11.7. The van der Waals surface area contributed by atoms with Crippen molar-refractivity contribution in [3.63, 3.8) is 0 Å². The van der Waals surface area contributed by atoms with Gasteiger partial charge in [-0.3, -0.25) is 14.4 Å². The van der Waals surface area contributed by atoms with Crippen LogP contribution in [0.1, 0.15) is 44.2 Å². The van der Waals surface area contributed by atoms with Crippen LogP contribution < -0.4 is 5.32 Å². The van der Waals surface area contributed by atoms with Crippen molar-refractivity contribution in [3.05, 3.63) is 35.9 Å². The maximum Gasteiger partial charge on any atom is 0.236 e. The maximum atomic E-state index is 12.7. The van der Waals surface area contributed by atoms with Crippen molar-refractivity contribution in [2.24, 2.45) is 5.92 Å². The van der Waals surface area contributed by atoms with E-state index in [1.807, 2.05) is 43.3 Å². The van der Waals surface area contributed by atoms with Crippen LogP contribution in [-0.4, -0.2) is 53.2 Å². The summed E-state index contributed by atoms with van der Waals surface area (Å²) >= 11 is 0. The second kappa shape index (κ2) is 8.87. The first-order valence-electron chi connectivity index (χ1n) is 9.79. The van der Waals surface area contributed by atoms with Gasteiger partial charge < -0.3 is 15.1 Å². The van der Waals surface area contributed by atoms with Gasteiger partial charge in [-0.25, -0.2) is 0 Å². The summed E-state index contributed by atoms with van der Waals surface area (Å²) in [6.07, 6.45) is 1.49. The van der Waals surface area contributed by atoms with Gasteiger partial charge in [0.25, 0.3) is 0 Å². The molecule has 2 atom stereocenters. The summed E-state index contributed by atoms with van der Waals surface area (Å²) in [4.78, 5) is 40.3. The largest absolute Gasteiger partial charge is 0.353 e. The summed E-state index contributed by atoms with van der Waals surface area (Å²) in [6.45, 7) is 3.51. The third-order valence-corrected chi connectivity index (χ3v) is 5.70. The van der Waals surface area contributed by atoms with Crippen molar-refractivity contribution in [2.75, 3.05) is 19.6 Å². The Labute approximate surface area is 165 Å². The lowest BCUT2D eigenvalue weighted by molar-refractivity contribution is -0.132. The van der Waals surface area contributed by atoms with Crippen LogP contribution in [0.3, 0.4) is 0 Å². The highest BCUT2D eigenvalue weighted by atomic mass is 16.2. The van der Waals surface area contributed by atoms with Crippen molar-refractivity contribution in [1.29, 1.82) is 5.26 Å². The third-order valence-electron chi connectivity index (χ3n) is 5.70. The van der Waals surface area contributed by atoms with Gasteiger partial charge in [-0.1, -0.05) is 30.3 Å². The second-order valence-corrected chi connectivity index (χ2v) is 7.53. The Morgan fingerprint density at radius 1 is 1.25 bits per heavy atom. The number of carbonyl (C=O) groups excluding carboxylic acids is 3. The van der Waals surface area contributed by atoms with Crippen LogP contribution in [0.2, 0.25) is 0 Å². The Balaban J connectivity index is 1.50. The Bertz CT molecular complexity index is 766. The van der Waals surface area contributed by atoms with E-state index in [-0.39, 0.29) is 48.6 Å². The molecule has 7 nitrogen and oxygen atoms in total. The molecule has 3 amide bonds. The molecular formula is C21H26N4O3. The van der Waals surface area contributed by atoms with Gasteiger partial charge >= 0.3 is 0 Å². The molecule has 2 saturated heterocycles. The zero-order valence-electron chi connectivity index (χ0n) is 16.1. The molecule has 0 spiro atoms. The van der Waals surface area contributed by atoms with Crippen LogP contribution in [0.5, 0.6) is 0 Å². The van der Waals surface area contributed by atoms with E-state index in [2.05, 4.69) is 5.32 Å².